The molecule has 0 bridgehead atoms. The lowest BCUT2D eigenvalue weighted by Crippen LogP contribution is -2.49. The summed E-state index contributed by atoms with van der Waals surface area (Å²) in [5, 5.41) is 14.7. The number of aliphatic hydroxyl groups is 1. The minimum Gasteiger partial charge on any atom is -0.384 e. The molecule has 1 aliphatic heterocycles. The minimum absolute atomic E-state index is 0.141. The summed E-state index contributed by atoms with van der Waals surface area (Å²) >= 11 is 5.85. The van der Waals surface area contributed by atoms with E-state index >= 15 is 0 Å². The normalized spacial score (nSPS) is 25.1. The maximum atomic E-state index is 10.6. The van der Waals surface area contributed by atoms with Crippen molar-refractivity contribution in [3.63, 3.8) is 0 Å². The van der Waals surface area contributed by atoms with Gasteiger partial charge in [0.1, 0.15) is 5.60 Å². The van der Waals surface area contributed by atoms with Crippen molar-refractivity contribution in [3.8, 4) is 0 Å². The quantitative estimate of drug-likeness (QED) is 0.832. The van der Waals surface area contributed by atoms with Gasteiger partial charge in [-0.3, -0.25) is 0 Å². The van der Waals surface area contributed by atoms with Gasteiger partial charge in [-0.2, -0.15) is 0 Å². The molecule has 0 radical (unpaired) electrons. The summed E-state index contributed by atoms with van der Waals surface area (Å²) in [6.07, 6.45) is 3.41. The van der Waals surface area contributed by atoms with Gasteiger partial charge in [-0.15, -0.1) is 0 Å². The second-order valence-electron chi connectivity index (χ2n) is 4.66. The smallest absolute Gasteiger partial charge is 0.102 e. The van der Waals surface area contributed by atoms with Crippen LogP contribution in [-0.4, -0.2) is 17.7 Å². The topological polar surface area (TPSA) is 32.3 Å². The molecular weight excluding hydrogens is 222 g/mol. The van der Waals surface area contributed by atoms with Crippen LogP contribution < -0.4 is 5.32 Å². The lowest BCUT2D eigenvalue weighted by molar-refractivity contribution is 0.00568. The highest BCUT2D eigenvalue weighted by Crippen LogP contribution is 2.29. The highest BCUT2D eigenvalue weighted by molar-refractivity contribution is 6.30. The molecule has 2 rings (SSSR count). The molecule has 3 heteroatoms. The first-order valence-corrected chi connectivity index (χ1v) is 6.20. The van der Waals surface area contributed by atoms with Gasteiger partial charge in [0.25, 0.3) is 0 Å². The van der Waals surface area contributed by atoms with Gasteiger partial charge in [0.05, 0.1) is 0 Å². The lowest BCUT2D eigenvalue weighted by Gasteiger charge is -2.36. The Hall–Kier alpha value is -0.570. The summed E-state index contributed by atoms with van der Waals surface area (Å²) in [6, 6.07) is 7.60. The van der Waals surface area contributed by atoms with E-state index in [0.29, 0.717) is 5.02 Å². The lowest BCUT2D eigenvalue weighted by atomic mass is 9.84. The fourth-order valence-corrected chi connectivity index (χ4v) is 2.45. The SMILES string of the molecule is CC(O)(c1ccc(Cl)cc1)C1CCCCN1. The molecule has 2 N–H and O–H groups in total. The highest BCUT2D eigenvalue weighted by atomic mass is 35.5. The van der Waals surface area contributed by atoms with Gasteiger partial charge in [-0.1, -0.05) is 30.2 Å². The van der Waals surface area contributed by atoms with E-state index in [1.54, 1.807) is 0 Å². The summed E-state index contributed by atoms with van der Waals surface area (Å²) in [4.78, 5) is 0. The van der Waals surface area contributed by atoms with Crippen molar-refractivity contribution < 1.29 is 5.11 Å². The Morgan fingerprint density at radius 3 is 2.56 bits per heavy atom. The first-order chi connectivity index (χ1) is 7.60. The van der Waals surface area contributed by atoms with Crippen LogP contribution in [0.15, 0.2) is 24.3 Å². The van der Waals surface area contributed by atoms with E-state index in [2.05, 4.69) is 5.32 Å². The number of benzene rings is 1. The molecule has 0 aromatic heterocycles. The third-order valence-corrected chi connectivity index (χ3v) is 3.67. The largest absolute Gasteiger partial charge is 0.384 e. The Morgan fingerprint density at radius 1 is 1.31 bits per heavy atom. The van der Waals surface area contributed by atoms with Gasteiger partial charge in [0.15, 0.2) is 0 Å². The second-order valence-corrected chi connectivity index (χ2v) is 5.09. The second kappa shape index (κ2) is 4.74. The van der Waals surface area contributed by atoms with Crippen LogP contribution in [0, 0.1) is 0 Å². The summed E-state index contributed by atoms with van der Waals surface area (Å²) in [6.45, 7) is 2.87. The molecule has 0 amide bonds. The van der Waals surface area contributed by atoms with Crippen molar-refractivity contribution in [3.05, 3.63) is 34.9 Å². The molecule has 88 valence electrons. The van der Waals surface area contributed by atoms with Gasteiger partial charge in [0, 0.05) is 11.1 Å². The van der Waals surface area contributed by atoms with Crippen LogP contribution in [0.25, 0.3) is 0 Å². The van der Waals surface area contributed by atoms with E-state index in [9.17, 15) is 5.11 Å². The first kappa shape index (κ1) is 11.9. The zero-order valence-corrected chi connectivity index (χ0v) is 10.3. The van der Waals surface area contributed by atoms with Crippen molar-refractivity contribution in [1.82, 2.24) is 5.32 Å². The predicted molar refractivity (Wildman–Crippen MR) is 66.7 cm³/mol. The van der Waals surface area contributed by atoms with E-state index < -0.39 is 5.60 Å². The van der Waals surface area contributed by atoms with Crippen LogP contribution in [-0.2, 0) is 5.60 Å². The van der Waals surface area contributed by atoms with Crippen LogP contribution in [0.4, 0.5) is 0 Å². The first-order valence-electron chi connectivity index (χ1n) is 5.82. The number of rotatable bonds is 2. The van der Waals surface area contributed by atoms with E-state index in [0.717, 1.165) is 18.5 Å². The maximum Gasteiger partial charge on any atom is 0.102 e. The standard InChI is InChI=1S/C13H18ClNO/c1-13(16,12-4-2-3-9-15-12)10-5-7-11(14)8-6-10/h5-8,12,15-16H,2-4,9H2,1H3. The van der Waals surface area contributed by atoms with Gasteiger partial charge in [0.2, 0.25) is 0 Å². The Balaban J connectivity index is 2.19. The Morgan fingerprint density at radius 2 is 2.00 bits per heavy atom. The molecule has 2 unspecified atom stereocenters. The third kappa shape index (κ3) is 2.40. The monoisotopic (exact) mass is 239 g/mol. The summed E-state index contributed by atoms with van der Waals surface area (Å²) in [5.41, 5.74) is 0.113. The molecule has 1 aromatic rings. The zero-order valence-electron chi connectivity index (χ0n) is 9.54. The number of halogens is 1. The molecule has 1 heterocycles. The summed E-state index contributed by atoms with van der Waals surface area (Å²) in [5.74, 6) is 0. The Kier molecular flexibility index (Phi) is 3.53. The summed E-state index contributed by atoms with van der Waals surface area (Å²) < 4.78 is 0. The van der Waals surface area contributed by atoms with E-state index in [-0.39, 0.29) is 6.04 Å². The highest BCUT2D eigenvalue weighted by Gasteiger charge is 2.34. The van der Waals surface area contributed by atoms with Crippen LogP contribution in [0.3, 0.4) is 0 Å². The number of piperidine rings is 1. The number of hydrogen-bond acceptors (Lipinski definition) is 2. The van der Waals surface area contributed by atoms with E-state index in [1.807, 2.05) is 31.2 Å². The van der Waals surface area contributed by atoms with Crippen molar-refractivity contribution in [2.45, 2.75) is 37.8 Å². The Labute approximate surface area is 102 Å². The molecule has 0 saturated carbocycles. The fourth-order valence-electron chi connectivity index (χ4n) is 2.32. The molecule has 1 saturated heterocycles. The minimum atomic E-state index is -0.814. The molecule has 0 aliphatic carbocycles. The maximum absolute atomic E-state index is 10.6. The van der Waals surface area contributed by atoms with Crippen molar-refractivity contribution in [2.75, 3.05) is 6.54 Å². The number of hydrogen-bond donors (Lipinski definition) is 2. The van der Waals surface area contributed by atoms with Gasteiger partial charge in [-0.25, -0.2) is 0 Å². The van der Waals surface area contributed by atoms with Crippen LogP contribution in [0.2, 0.25) is 5.02 Å². The average molecular weight is 240 g/mol. The fraction of sp³-hybridized carbons (Fsp3) is 0.538. The van der Waals surface area contributed by atoms with Crippen molar-refractivity contribution >= 4 is 11.6 Å². The molecule has 1 fully saturated rings. The third-order valence-electron chi connectivity index (χ3n) is 3.42. The van der Waals surface area contributed by atoms with Gasteiger partial charge in [-0.05, 0) is 44.0 Å². The van der Waals surface area contributed by atoms with Crippen LogP contribution in [0.1, 0.15) is 31.7 Å². The summed E-state index contributed by atoms with van der Waals surface area (Å²) in [7, 11) is 0. The average Bonchev–Trinajstić information content (AvgIpc) is 2.31. The Bertz CT molecular complexity index is 341. The molecular formula is C13H18ClNO. The van der Waals surface area contributed by atoms with Crippen molar-refractivity contribution in [1.29, 1.82) is 0 Å². The molecule has 2 nitrogen and oxygen atoms in total. The molecule has 16 heavy (non-hydrogen) atoms. The molecule has 0 spiro atoms. The van der Waals surface area contributed by atoms with Crippen LogP contribution in [0.5, 0.6) is 0 Å². The van der Waals surface area contributed by atoms with E-state index in [1.165, 1.54) is 12.8 Å². The van der Waals surface area contributed by atoms with E-state index in [4.69, 9.17) is 11.6 Å². The van der Waals surface area contributed by atoms with Gasteiger partial charge >= 0.3 is 0 Å². The van der Waals surface area contributed by atoms with Crippen molar-refractivity contribution in [2.24, 2.45) is 0 Å². The predicted octanol–water partition coefficient (Wildman–Crippen LogP) is 2.69. The van der Waals surface area contributed by atoms with Crippen LogP contribution >= 0.6 is 11.6 Å². The zero-order chi connectivity index (χ0) is 11.6. The molecule has 1 aliphatic rings. The van der Waals surface area contributed by atoms with Gasteiger partial charge < -0.3 is 10.4 Å². The molecule has 2 atom stereocenters. The number of nitrogens with one attached hydrogen (secondary N) is 1. The molecule has 1 aromatic carbocycles.